The van der Waals surface area contributed by atoms with Gasteiger partial charge in [0, 0.05) is 12.8 Å². The van der Waals surface area contributed by atoms with Crippen molar-refractivity contribution in [1.82, 2.24) is 14.6 Å². The average Bonchev–Trinajstić information content (AvgIpc) is 3.07. The molecule has 136 valence electrons. The third-order valence-corrected chi connectivity index (χ3v) is 4.97. The molecule has 0 aliphatic heterocycles. The van der Waals surface area contributed by atoms with Crippen LogP contribution < -0.4 is 5.73 Å². The molecule has 1 aliphatic carbocycles. The van der Waals surface area contributed by atoms with Crippen molar-refractivity contribution in [2.75, 3.05) is 19.5 Å². The molecule has 2 N–H and O–H groups in total. The second-order valence-corrected chi connectivity index (χ2v) is 6.63. The van der Waals surface area contributed by atoms with Crippen molar-refractivity contribution in [3.63, 3.8) is 0 Å². The van der Waals surface area contributed by atoms with E-state index in [0.717, 1.165) is 49.7 Å². The summed E-state index contributed by atoms with van der Waals surface area (Å²) in [6.07, 6.45) is 8.20. The minimum absolute atomic E-state index is 0.0699. The maximum absolute atomic E-state index is 12.2. The molecule has 1 atom stereocenters. The molecular formula is C18H26N4O3. The fraction of sp³-hybridized carbons (Fsp3) is 0.611. The summed E-state index contributed by atoms with van der Waals surface area (Å²) >= 11 is 0. The Balaban J connectivity index is 1.51. The summed E-state index contributed by atoms with van der Waals surface area (Å²) in [5, 5.41) is 4.24. The van der Waals surface area contributed by atoms with Crippen LogP contribution in [-0.4, -0.2) is 40.4 Å². The molecule has 7 nitrogen and oxygen atoms in total. The van der Waals surface area contributed by atoms with Gasteiger partial charge in [-0.2, -0.15) is 5.10 Å². The molecule has 0 bridgehead atoms. The van der Waals surface area contributed by atoms with E-state index in [1.807, 2.05) is 12.1 Å². The lowest BCUT2D eigenvalue weighted by Crippen LogP contribution is -2.26. The van der Waals surface area contributed by atoms with Gasteiger partial charge in [-0.1, -0.05) is 19.3 Å². The Hall–Kier alpha value is -2.15. The predicted octanol–water partition coefficient (Wildman–Crippen LogP) is 2.38. The summed E-state index contributed by atoms with van der Waals surface area (Å²) in [7, 11) is 1.65. The van der Waals surface area contributed by atoms with Crippen molar-refractivity contribution in [1.29, 1.82) is 0 Å². The largest absolute Gasteiger partial charge is 0.463 e. The highest BCUT2D eigenvalue weighted by molar-refractivity contribution is 5.72. The second-order valence-electron chi connectivity index (χ2n) is 6.63. The van der Waals surface area contributed by atoms with E-state index in [0.29, 0.717) is 12.4 Å². The van der Waals surface area contributed by atoms with Crippen molar-refractivity contribution in [3.05, 3.63) is 24.2 Å². The number of carbonyl (C=O) groups excluding carboxylic acids is 1. The SMILES string of the molecule is CO[C@@H](CCc1ccc2c(N)ncnn12)COC(=O)C1CCCCC1. The molecule has 7 heteroatoms. The summed E-state index contributed by atoms with van der Waals surface area (Å²) < 4.78 is 12.8. The molecule has 0 saturated heterocycles. The van der Waals surface area contributed by atoms with Crippen LogP contribution >= 0.6 is 0 Å². The van der Waals surface area contributed by atoms with Crippen LogP contribution in [0.4, 0.5) is 5.82 Å². The summed E-state index contributed by atoms with van der Waals surface area (Å²) in [4.78, 5) is 16.1. The molecule has 0 unspecified atom stereocenters. The van der Waals surface area contributed by atoms with Crippen molar-refractivity contribution < 1.29 is 14.3 Å². The number of aromatic nitrogens is 3. The number of aryl methyl sites for hydroxylation is 1. The first-order valence-electron chi connectivity index (χ1n) is 8.95. The van der Waals surface area contributed by atoms with Crippen molar-refractivity contribution in [2.45, 2.75) is 51.0 Å². The Morgan fingerprint density at radius 1 is 1.36 bits per heavy atom. The Morgan fingerprint density at radius 3 is 2.92 bits per heavy atom. The quantitative estimate of drug-likeness (QED) is 0.774. The number of hydrogen-bond acceptors (Lipinski definition) is 6. The van der Waals surface area contributed by atoms with Crippen molar-refractivity contribution in [2.24, 2.45) is 5.92 Å². The molecular weight excluding hydrogens is 320 g/mol. The predicted molar refractivity (Wildman–Crippen MR) is 94.1 cm³/mol. The number of hydrogen-bond donors (Lipinski definition) is 1. The van der Waals surface area contributed by atoms with E-state index >= 15 is 0 Å². The molecule has 0 spiro atoms. The van der Waals surface area contributed by atoms with Gasteiger partial charge in [0.2, 0.25) is 0 Å². The van der Waals surface area contributed by atoms with Crippen LogP contribution in [0.1, 0.15) is 44.2 Å². The summed E-state index contributed by atoms with van der Waals surface area (Å²) in [5.74, 6) is 0.460. The van der Waals surface area contributed by atoms with Gasteiger partial charge in [-0.3, -0.25) is 4.79 Å². The number of anilines is 1. The monoisotopic (exact) mass is 346 g/mol. The lowest BCUT2D eigenvalue weighted by molar-refractivity contribution is -0.153. The molecule has 0 amide bonds. The maximum atomic E-state index is 12.2. The zero-order valence-corrected chi connectivity index (χ0v) is 14.7. The number of nitrogens with zero attached hydrogens (tertiary/aromatic N) is 3. The van der Waals surface area contributed by atoms with Gasteiger partial charge in [-0.15, -0.1) is 0 Å². The highest BCUT2D eigenvalue weighted by atomic mass is 16.6. The molecule has 0 aromatic carbocycles. The zero-order chi connectivity index (χ0) is 17.6. The van der Waals surface area contributed by atoms with E-state index in [1.54, 1.807) is 11.6 Å². The van der Waals surface area contributed by atoms with Gasteiger partial charge in [-0.25, -0.2) is 9.50 Å². The Morgan fingerprint density at radius 2 is 2.16 bits per heavy atom. The van der Waals surface area contributed by atoms with Gasteiger partial charge < -0.3 is 15.2 Å². The molecule has 1 aliphatic rings. The van der Waals surface area contributed by atoms with Gasteiger partial charge in [0.25, 0.3) is 0 Å². The van der Waals surface area contributed by atoms with Crippen LogP contribution in [-0.2, 0) is 20.7 Å². The summed E-state index contributed by atoms with van der Waals surface area (Å²) in [6.45, 7) is 0.298. The summed E-state index contributed by atoms with van der Waals surface area (Å²) in [5.41, 5.74) is 7.68. The standard InChI is InChI=1S/C18H26N4O3/c1-24-15(11-25-18(23)13-5-3-2-4-6-13)9-7-14-8-10-16-17(19)20-12-21-22(14)16/h8,10,12-13,15H,2-7,9,11H2,1H3,(H2,19,20,21)/t15-/m0/s1. The Labute approximate surface area is 147 Å². The number of esters is 1. The van der Waals surface area contributed by atoms with Crippen LogP contribution in [0.3, 0.4) is 0 Å². The van der Waals surface area contributed by atoms with Gasteiger partial charge in [0.15, 0.2) is 5.82 Å². The molecule has 2 heterocycles. The van der Waals surface area contributed by atoms with Crippen LogP contribution in [0.5, 0.6) is 0 Å². The van der Waals surface area contributed by atoms with Crippen LogP contribution in [0, 0.1) is 5.92 Å². The molecule has 25 heavy (non-hydrogen) atoms. The second kappa shape index (κ2) is 8.29. The number of fused-ring (bicyclic) bond motifs is 1. The van der Waals surface area contributed by atoms with E-state index in [2.05, 4.69) is 10.1 Å². The number of rotatable bonds is 7. The summed E-state index contributed by atoms with van der Waals surface area (Å²) in [6, 6.07) is 3.90. The number of nitrogens with two attached hydrogens (primary N) is 1. The van der Waals surface area contributed by atoms with Crippen LogP contribution in [0.15, 0.2) is 18.5 Å². The normalized spacial score (nSPS) is 16.8. The minimum atomic E-state index is -0.128. The Bertz CT molecular complexity index is 709. The third-order valence-electron chi connectivity index (χ3n) is 4.97. The number of methoxy groups -OCH3 is 1. The van der Waals surface area contributed by atoms with E-state index in [1.165, 1.54) is 12.7 Å². The molecule has 3 rings (SSSR count). The fourth-order valence-electron chi connectivity index (χ4n) is 3.41. The van der Waals surface area contributed by atoms with Crippen LogP contribution in [0.2, 0.25) is 0 Å². The van der Waals surface area contributed by atoms with Crippen molar-refractivity contribution in [3.8, 4) is 0 Å². The molecule has 1 saturated carbocycles. The maximum Gasteiger partial charge on any atom is 0.309 e. The number of ether oxygens (including phenoxy) is 2. The highest BCUT2D eigenvalue weighted by Crippen LogP contribution is 2.25. The van der Waals surface area contributed by atoms with Crippen LogP contribution in [0.25, 0.3) is 5.52 Å². The lowest BCUT2D eigenvalue weighted by atomic mass is 9.89. The average molecular weight is 346 g/mol. The minimum Gasteiger partial charge on any atom is -0.463 e. The number of nitrogen functional groups attached to an aromatic ring is 1. The number of carbonyl (C=O) groups is 1. The molecule has 2 aromatic heterocycles. The van der Waals surface area contributed by atoms with E-state index in [-0.39, 0.29) is 18.0 Å². The molecule has 2 aromatic rings. The highest BCUT2D eigenvalue weighted by Gasteiger charge is 2.23. The topological polar surface area (TPSA) is 91.7 Å². The van der Waals surface area contributed by atoms with Crippen molar-refractivity contribution >= 4 is 17.3 Å². The van der Waals surface area contributed by atoms with Gasteiger partial charge in [-0.05, 0) is 37.8 Å². The third kappa shape index (κ3) is 4.28. The molecule has 0 radical (unpaired) electrons. The van der Waals surface area contributed by atoms with E-state index < -0.39 is 0 Å². The molecule has 1 fully saturated rings. The van der Waals surface area contributed by atoms with E-state index in [4.69, 9.17) is 15.2 Å². The smallest absolute Gasteiger partial charge is 0.309 e. The van der Waals surface area contributed by atoms with Gasteiger partial charge in [0.1, 0.15) is 18.5 Å². The lowest BCUT2D eigenvalue weighted by Gasteiger charge is -2.21. The fourth-order valence-corrected chi connectivity index (χ4v) is 3.41. The van der Waals surface area contributed by atoms with E-state index in [9.17, 15) is 4.79 Å². The first-order chi connectivity index (χ1) is 12.2. The zero-order valence-electron chi connectivity index (χ0n) is 14.7. The first-order valence-corrected chi connectivity index (χ1v) is 8.95. The Kier molecular flexibility index (Phi) is 5.86. The first kappa shape index (κ1) is 17.7. The van der Waals surface area contributed by atoms with Gasteiger partial charge >= 0.3 is 5.97 Å². The van der Waals surface area contributed by atoms with Gasteiger partial charge in [0.05, 0.1) is 12.0 Å².